The van der Waals surface area contributed by atoms with Crippen LogP contribution in [0.4, 0.5) is 79.0 Å². The molecule has 0 aliphatic heterocycles. The summed E-state index contributed by atoms with van der Waals surface area (Å²) in [6.45, 7) is 28.0. The van der Waals surface area contributed by atoms with Gasteiger partial charge >= 0.3 is 37.1 Å². The van der Waals surface area contributed by atoms with Crippen LogP contribution >= 0.6 is 0 Å². The van der Waals surface area contributed by atoms with E-state index in [2.05, 4.69) is 38.8 Å². The van der Waals surface area contributed by atoms with Gasteiger partial charge in [-0.15, -0.1) is 0 Å². The molecule has 4 aromatic heterocycles. The van der Waals surface area contributed by atoms with Gasteiger partial charge in [-0.25, -0.2) is 15.0 Å². The van der Waals surface area contributed by atoms with Gasteiger partial charge in [0.25, 0.3) is 0 Å². The van der Waals surface area contributed by atoms with E-state index in [9.17, 15) is 83.8 Å². The minimum atomic E-state index is -4.45. The lowest BCUT2D eigenvalue weighted by Crippen LogP contribution is -2.12. The molecule has 0 aliphatic rings. The highest BCUT2D eigenvalue weighted by molar-refractivity contribution is 5.92. The number of rotatable bonds is 15. The maximum absolute atomic E-state index is 12.3. The summed E-state index contributed by atoms with van der Waals surface area (Å²) in [4.78, 5) is 28.1. The Kier molecular flexibility index (Phi) is 36.3. The Morgan fingerprint density at radius 3 is 1.15 bits per heavy atom. The summed E-state index contributed by atoms with van der Waals surface area (Å²) in [5.41, 5.74) is 7.50. The van der Waals surface area contributed by atoms with Crippen LogP contribution in [0.5, 0.6) is 0 Å². The van der Waals surface area contributed by atoms with Crippen LogP contribution in [0, 0.1) is 41.4 Å². The topological polar surface area (TPSA) is 108 Å². The smallest absolute Gasteiger partial charge is 0.366 e. The third-order valence-corrected chi connectivity index (χ3v) is 12.5. The molecule has 7 nitrogen and oxygen atoms in total. The molecule has 0 atom stereocenters. The van der Waals surface area contributed by atoms with Crippen molar-refractivity contribution >= 4 is 5.91 Å². The zero-order valence-corrected chi connectivity index (χ0v) is 56.8. The first-order chi connectivity index (χ1) is 44.4. The normalized spacial score (nSPS) is 11.9. The van der Waals surface area contributed by atoms with Gasteiger partial charge in [-0.3, -0.25) is 14.8 Å². The maximum atomic E-state index is 12.3. The second-order valence-corrected chi connectivity index (χ2v) is 25.6. The predicted octanol–water partition coefficient (Wildman–Crippen LogP) is 22.4. The van der Waals surface area contributed by atoms with Gasteiger partial charge in [-0.1, -0.05) is 145 Å². The van der Waals surface area contributed by atoms with E-state index in [1.165, 1.54) is 42.1 Å². The van der Waals surface area contributed by atoms with Crippen molar-refractivity contribution in [1.29, 1.82) is 0 Å². The highest BCUT2D eigenvalue weighted by Crippen LogP contribution is 2.33. The van der Waals surface area contributed by atoms with Crippen LogP contribution in [0.2, 0.25) is 0 Å². The van der Waals surface area contributed by atoms with Crippen molar-refractivity contribution in [2.45, 2.75) is 179 Å². The Morgan fingerprint density at radius 1 is 0.330 bits per heavy atom. The highest BCUT2D eigenvalue weighted by atomic mass is 19.4. The SMILES string of the molecule is CC(C)Cc1ccc(C(F)(F)F)cc1.CC(C)Cc1ccc(C(F)(F)F)cn1.CC(C)Cc1cccc(C(F)(F)F)c1.CC(C)Cc1cccc(C(F)(F)F)n1.CC(C)Cc1cccc(C(N)=O)c1.CC(C)Cc1ccnc(C(F)(F)F)c1.CC(C)Cc1ccnc(C(F)(F)F)n1. The molecule has 97 heavy (non-hydrogen) atoms. The summed E-state index contributed by atoms with van der Waals surface area (Å²) >= 11 is 0. The molecule has 0 aliphatic carbocycles. The fourth-order valence-corrected chi connectivity index (χ4v) is 8.56. The summed E-state index contributed by atoms with van der Waals surface area (Å²) in [5, 5.41) is 0. The quantitative estimate of drug-likeness (QED) is 0.102. The number of nitrogens with two attached hydrogens (primary N) is 1. The van der Waals surface area contributed by atoms with Gasteiger partial charge in [0, 0.05) is 41.2 Å². The molecule has 4 heterocycles. The molecule has 7 aromatic rings. The first-order valence-corrected chi connectivity index (χ1v) is 31.1. The zero-order chi connectivity index (χ0) is 74.5. The van der Waals surface area contributed by atoms with Gasteiger partial charge in [0.2, 0.25) is 11.7 Å². The molecule has 0 fully saturated rings. The monoisotopic (exact) mass is 1390 g/mol. The molecule has 538 valence electrons. The number of carbonyl (C=O) groups excluding carboxylic acids is 1. The second kappa shape index (κ2) is 40.3. The minimum Gasteiger partial charge on any atom is -0.366 e. The lowest BCUT2D eigenvalue weighted by atomic mass is 10.0. The minimum absolute atomic E-state index is 0.283. The van der Waals surface area contributed by atoms with E-state index < -0.39 is 71.0 Å². The van der Waals surface area contributed by atoms with E-state index in [-0.39, 0.29) is 11.8 Å². The fraction of sp³-hybridized carbons (Fsp3) is 0.472. The van der Waals surface area contributed by atoms with E-state index in [1.54, 1.807) is 36.4 Å². The third-order valence-electron chi connectivity index (χ3n) is 12.5. The molecule has 0 spiro atoms. The van der Waals surface area contributed by atoms with Crippen LogP contribution in [-0.2, 0) is 82.0 Å². The Hall–Kier alpha value is -7.60. The predicted molar refractivity (Wildman–Crippen MR) is 342 cm³/mol. The molecule has 3 aromatic carbocycles. The van der Waals surface area contributed by atoms with Gasteiger partial charge in [0.15, 0.2) is 0 Å². The van der Waals surface area contributed by atoms with Crippen molar-refractivity contribution in [3.05, 3.63) is 219 Å². The molecule has 0 bridgehead atoms. The summed E-state index contributed by atoms with van der Waals surface area (Å²) in [5.74, 6) is 1.37. The third kappa shape index (κ3) is 38.8. The van der Waals surface area contributed by atoms with Crippen LogP contribution < -0.4 is 5.73 Å². The average Bonchev–Trinajstić information content (AvgIpc) is 1.90. The van der Waals surface area contributed by atoms with E-state index >= 15 is 0 Å². The molecule has 1 amide bonds. The number of nitrogens with zero attached hydrogens (tertiary/aromatic N) is 5. The number of benzene rings is 3. The summed E-state index contributed by atoms with van der Waals surface area (Å²) in [6, 6.07) is 29.1. The zero-order valence-electron chi connectivity index (χ0n) is 56.8. The number of hydrogen-bond donors (Lipinski definition) is 1. The van der Waals surface area contributed by atoms with Gasteiger partial charge in [-0.2, -0.15) is 79.0 Å². The molecule has 2 N–H and O–H groups in total. The molecular weight excluding hydrogens is 1310 g/mol. The average molecular weight is 1400 g/mol. The molecule has 25 heteroatoms. The van der Waals surface area contributed by atoms with E-state index in [4.69, 9.17) is 5.73 Å². The first kappa shape index (κ1) is 87.4. The number of primary amides is 1. The molecule has 0 unspecified atom stereocenters. The number of alkyl halides is 18. The molecule has 0 saturated heterocycles. The molecule has 7 rings (SSSR count). The van der Waals surface area contributed by atoms with Crippen LogP contribution in [0.15, 0.2) is 140 Å². The van der Waals surface area contributed by atoms with Crippen LogP contribution in [-0.4, -0.2) is 30.8 Å². The number of pyridine rings is 3. The van der Waals surface area contributed by atoms with E-state index in [0.717, 1.165) is 72.8 Å². The van der Waals surface area contributed by atoms with Crippen LogP contribution in [0.25, 0.3) is 0 Å². The standard InChI is InChI=1S/2C11H13F3.C11H15NO.3C10H12F3N.C9H11F3N2/c1-8(2)7-9-3-5-10(6-4-9)11(12,13)14;1-8(2)6-9-4-3-5-10(7-9)11(12,13)14;1-8(2)6-9-4-3-5-10(7-9)11(12)13;1-7(2)5-9-4-3-8(6-14-9)10(11,12)13;1-7(2)5-8-3-4-14-9(6-8)10(11,12)13;1-7(2)6-8-4-3-5-9(14-8)10(11,12)13;1-6(2)5-7-3-4-13-8(14-7)9(10,11)12/h3-6,8H,7H2,1-2H3;3-5,7-8H,6H2,1-2H3;3-5,7-8H,6H2,1-2H3,(H2,12,13);2*3-4,6-7H,5H2,1-2H3;3-5,7H,6H2,1-2H3;3-4,6H,5H2,1-2H3. The Labute approximate surface area is 557 Å². The van der Waals surface area contributed by atoms with E-state index in [1.807, 2.05) is 101 Å². The van der Waals surface area contributed by atoms with Crippen molar-refractivity contribution in [2.24, 2.45) is 47.2 Å². The van der Waals surface area contributed by atoms with Crippen molar-refractivity contribution in [3.63, 3.8) is 0 Å². The number of carbonyl (C=O) groups is 1. The lowest BCUT2D eigenvalue weighted by Gasteiger charge is -2.09. The fourth-order valence-electron chi connectivity index (χ4n) is 8.56. The number of hydrogen-bond acceptors (Lipinski definition) is 6. The Morgan fingerprint density at radius 2 is 0.732 bits per heavy atom. The van der Waals surface area contributed by atoms with Crippen molar-refractivity contribution < 1.29 is 83.8 Å². The summed E-state index contributed by atoms with van der Waals surface area (Å²) in [7, 11) is 0. The number of amides is 1. The number of halogens is 18. The maximum Gasteiger partial charge on any atom is 0.451 e. The van der Waals surface area contributed by atoms with Gasteiger partial charge in [0.05, 0.1) is 16.7 Å². The van der Waals surface area contributed by atoms with E-state index in [0.29, 0.717) is 95.8 Å². The summed E-state index contributed by atoms with van der Waals surface area (Å²) < 4.78 is 220. The largest absolute Gasteiger partial charge is 0.451 e. The van der Waals surface area contributed by atoms with Gasteiger partial charge in [0.1, 0.15) is 11.4 Å². The van der Waals surface area contributed by atoms with Gasteiger partial charge in [-0.05, 0) is 181 Å². The molecule has 0 saturated carbocycles. The Bertz CT molecular complexity index is 3030. The summed E-state index contributed by atoms with van der Waals surface area (Å²) in [6.07, 6.45) is -17.7. The molecule has 0 radical (unpaired) electrons. The highest BCUT2D eigenvalue weighted by Gasteiger charge is 2.36. The van der Waals surface area contributed by atoms with Gasteiger partial charge < -0.3 is 5.73 Å². The van der Waals surface area contributed by atoms with Crippen LogP contribution in [0.3, 0.4) is 0 Å². The van der Waals surface area contributed by atoms with Crippen molar-refractivity contribution in [1.82, 2.24) is 24.9 Å². The van der Waals surface area contributed by atoms with Crippen molar-refractivity contribution in [2.75, 3.05) is 0 Å². The van der Waals surface area contributed by atoms with Crippen LogP contribution in [0.1, 0.15) is 181 Å². The Balaban J connectivity index is 0.000000566. The molecular formula is C72H88F18N6O. The lowest BCUT2D eigenvalue weighted by molar-refractivity contribution is -0.145. The van der Waals surface area contributed by atoms with Crippen molar-refractivity contribution in [3.8, 4) is 0 Å². The number of aromatic nitrogens is 5. The first-order valence-electron chi connectivity index (χ1n) is 31.1. The second-order valence-electron chi connectivity index (χ2n) is 25.6.